The van der Waals surface area contributed by atoms with Crippen molar-refractivity contribution in [1.29, 1.82) is 0 Å². The maximum Gasteiger partial charge on any atom is 0.256 e. The maximum absolute atomic E-state index is 12.8. The Morgan fingerprint density at radius 2 is 1.87 bits per heavy atom. The van der Waals surface area contributed by atoms with Crippen LogP contribution < -0.4 is 5.32 Å². The Kier molecular flexibility index (Phi) is 6.11. The van der Waals surface area contributed by atoms with E-state index >= 15 is 0 Å². The highest BCUT2D eigenvalue weighted by atomic mass is 32.2. The summed E-state index contributed by atoms with van der Waals surface area (Å²) in [4.78, 5) is 31.7. The van der Waals surface area contributed by atoms with Crippen LogP contribution in [0.5, 0.6) is 0 Å². The van der Waals surface area contributed by atoms with Crippen LogP contribution in [0.2, 0.25) is 0 Å². The van der Waals surface area contributed by atoms with Crippen molar-refractivity contribution in [3.05, 3.63) is 100 Å². The van der Waals surface area contributed by atoms with Crippen molar-refractivity contribution in [2.24, 2.45) is 7.05 Å². The molecule has 2 heterocycles. The van der Waals surface area contributed by atoms with Crippen LogP contribution in [0.1, 0.15) is 31.4 Å². The summed E-state index contributed by atoms with van der Waals surface area (Å²) in [6.07, 6.45) is 3.32. The number of hydrogen-bond donors (Lipinski definition) is 1. The fourth-order valence-corrected chi connectivity index (χ4v) is 4.76. The average Bonchev–Trinajstić information content (AvgIpc) is 3.44. The van der Waals surface area contributed by atoms with Gasteiger partial charge in [-0.15, -0.1) is 23.1 Å². The predicted molar refractivity (Wildman–Crippen MR) is 121 cm³/mol. The van der Waals surface area contributed by atoms with Gasteiger partial charge in [0.1, 0.15) is 0 Å². The van der Waals surface area contributed by atoms with Crippen LogP contribution in [0.15, 0.2) is 83.3 Å². The van der Waals surface area contributed by atoms with Crippen LogP contribution >= 0.6 is 23.1 Å². The Hall–Kier alpha value is -3.16. The van der Waals surface area contributed by atoms with Gasteiger partial charge in [0.15, 0.2) is 5.82 Å². The molecule has 0 fully saturated rings. The van der Waals surface area contributed by atoms with Gasteiger partial charge in [-0.25, -0.2) is 4.98 Å². The number of anilines is 1. The number of amides is 1. The highest BCUT2D eigenvalue weighted by Gasteiger charge is 2.15. The van der Waals surface area contributed by atoms with E-state index in [0.717, 1.165) is 10.6 Å². The summed E-state index contributed by atoms with van der Waals surface area (Å²) < 4.78 is 1.68. The van der Waals surface area contributed by atoms with Gasteiger partial charge in [0.2, 0.25) is 5.78 Å². The number of thiophene rings is 1. The van der Waals surface area contributed by atoms with Crippen LogP contribution in [0, 0.1) is 0 Å². The molecule has 0 saturated heterocycles. The van der Waals surface area contributed by atoms with Gasteiger partial charge in [0.25, 0.3) is 5.91 Å². The number of carbonyl (C=O) groups excluding carboxylic acids is 2. The van der Waals surface area contributed by atoms with Gasteiger partial charge in [0, 0.05) is 46.2 Å². The topological polar surface area (TPSA) is 64.0 Å². The molecular formula is C23H19N3O2S2. The van der Waals surface area contributed by atoms with Gasteiger partial charge in [-0.2, -0.15) is 0 Å². The minimum Gasteiger partial charge on any atom is -0.331 e. The lowest BCUT2D eigenvalue weighted by molar-refractivity contribution is 0.101. The second kappa shape index (κ2) is 9.11. The summed E-state index contributed by atoms with van der Waals surface area (Å²) in [5.41, 5.74) is 1.79. The molecule has 2 aromatic heterocycles. The lowest BCUT2D eigenvalue weighted by atomic mass is 10.1. The molecule has 0 aliphatic heterocycles. The molecule has 1 amide bonds. The quantitative estimate of drug-likeness (QED) is 0.319. The maximum atomic E-state index is 12.8. The minimum absolute atomic E-state index is 0.157. The number of nitrogens with zero attached hydrogens (tertiary/aromatic N) is 2. The van der Waals surface area contributed by atoms with Gasteiger partial charge in [-0.05, 0) is 47.8 Å². The SMILES string of the molecule is Cn1ccnc1C(=O)c1ccc(NC(=O)c2ccccc2SCc2cccs2)cc1. The largest absolute Gasteiger partial charge is 0.331 e. The third-order valence-corrected chi connectivity index (χ3v) is 6.69. The van der Waals surface area contributed by atoms with Crippen molar-refractivity contribution < 1.29 is 9.59 Å². The summed E-state index contributed by atoms with van der Waals surface area (Å²) in [5.74, 6) is 0.873. The Labute approximate surface area is 182 Å². The first-order chi connectivity index (χ1) is 14.6. The Morgan fingerprint density at radius 1 is 1.07 bits per heavy atom. The van der Waals surface area contributed by atoms with E-state index in [4.69, 9.17) is 0 Å². The number of aryl methyl sites for hydroxylation is 1. The molecule has 30 heavy (non-hydrogen) atoms. The molecule has 1 N–H and O–H groups in total. The molecule has 0 bridgehead atoms. The van der Waals surface area contributed by atoms with Crippen LogP contribution in [0.4, 0.5) is 5.69 Å². The predicted octanol–water partition coefficient (Wildman–Crippen LogP) is 5.26. The Balaban J connectivity index is 1.45. The summed E-state index contributed by atoms with van der Waals surface area (Å²) in [6, 6.07) is 18.6. The normalized spacial score (nSPS) is 10.7. The Morgan fingerprint density at radius 3 is 2.57 bits per heavy atom. The second-order valence-corrected chi connectivity index (χ2v) is 8.64. The minimum atomic E-state index is -0.174. The van der Waals surface area contributed by atoms with Gasteiger partial charge in [0.05, 0.1) is 5.56 Å². The number of carbonyl (C=O) groups is 2. The number of hydrogen-bond acceptors (Lipinski definition) is 5. The summed E-state index contributed by atoms with van der Waals surface area (Å²) in [5, 5.41) is 4.97. The third-order valence-electron chi connectivity index (χ3n) is 4.51. The zero-order valence-corrected chi connectivity index (χ0v) is 17.9. The smallest absolute Gasteiger partial charge is 0.256 e. The van der Waals surface area contributed by atoms with E-state index < -0.39 is 0 Å². The first kappa shape index (κ1) is 20.1. The lowest BCUT2D eigenvalue weighted by Crippen LogP contribution is -2.13. The zero-order chi connectivity index (χ0) is 20.9. The molecule has 2 aromatic carbocycles. The van der Waals surface area contributed by atoms with E-state index in [0.29, 0.717) is 22.6 Å². The molecule has 150 valence electrons. The number of nitrogens with one attached hydrogen (secondary N) is 1. The fraction of sp³-hybridized carbons (Fsp3) is 0.0870. The molecule has 4 rings (SSSR count). The van der Waals surface area contributed by atoms with Crippen molar-refractivity contribution >= 4 is 40.5 Å². The van der Waals surface area contributed by atoms with E-state index in [1.54, 1.807) is 71.4 Å². The van der Waals surface area contributed by atoms with E-state index in [-0.39, 0.29) is 11.7 Å². The first-order valence-corrected chi connectivity index (χ1v) is 11.2. The van der Waals surface area contributed by atoms with E-state index in [9.17, 15) is 9.59 Å². The second-order valence-electron chi connectivity index (χ2n) is 6.59. The van der Waals surface area contributed by atoms with Crippen LogP contribution in [0.25, 0.3) is 0 Å². The standard InChI is InChI=1S/C23H19N3O2S2/c1-26-13-12-24-22(26)21(27)16-8-10-17(11-9-16)25-23(28)19-6-2-3-7-20(19)30-15-18-5-4-14-29-18/h2-14H,15H2,1H3,(H,25,28). The van der Waals surface area contributed by atoms with Crippen molar-refractivity contribution in [2.75, 3.05) is 5.32 Å². The number of aromatic nitrogens is 2. The van der Waals surface area contributed by atoms with Crippen LogP contribution in [-0.2, 0) is 12.8 Å². The molecule has 0 aliphatic carbocycles. The molecule has 4 aromatic rings. The monoisotopic (exact) mass is 433 g/mol. The molecule has 0 spiro atoms. The lowest BCUT2D eigenvalue weighted by Gasteiger charge is -2.10. The number of ketones is 1. The summed E-state index contributed by atoms with van der Waals surface area (Å²) in [7, 11) is 1.78. The number of imidazole rings is 1. The Bertz CT molecular complexity index is 1170. The van der Waals surface area contributed by atoms with Crippen LogP contribution in [0.3, 0.4) is 0 Å². The third kappa shape index (κ3) is 4.53. The number of thioether (sulfide) groups is 1. The number of benzene rings is 2. The fourth-order valence-electron chi connectivity index (χ4n) is 2.94. The van der Waals surface area contributed by atoms with Gasteiger partial charge in [-0.3, -0.25) is 9.59 Å². The molecular weight excluding hydrogens is 414 g/mol. The van der Waals surface area contributed by atoms with E-state index in [2.05, 4.69) is 21.7 Å². The molecule has 5 nitrogen and oxygen atoms in total. The summed E-state index contributed by atoms with van der Waals surface area (Å²) in [6.45, 7) is 0. The molecule has 0 aliphatic rings. The molecule has 0 saturated carbocycles. The van der Waals surface area contributed by atoms with Crippen molar-refractivity contribution in [3.63, 3.8) is 0 Å². The van der Waals surface area contributed by atoms with Crippen LogP contribution in [-0.4, -0.2) is 21.2 Å². The van der Waals surface area contributed by atoms with Crippen molar-refractivity contribution in [3.8, 4) is 0 Å². The van der Waals surface area contributed by atoms with Gasteiger partial charge in [-0.1, -0.05) is 18.2 Å². The first-order valence-electron chi connectivity index (χ1n) is 9.29. The van der Waals surface area contributed by atoms with E-state index in [1.165, 1.54) is 4.88 Å². The highest BCUT2D eigenvalue weighted by Crippen LogP contribution is 2.28. The highest BCUT2D eigenvalue weighted by molar-refractivity contribution is 7.98. The van der Waals surface area contributed by atoms with Crippen molar-refractivity contribution in [2.45, 2.75) is 10.6 Å². The zero-order valence-electron chi connectivity index (χ0n) is 16.2. The molecule has 0 atom stereocenters. The van der Waals surface area contributed by atoms with Crippen molar-refractivity contribution in [1.82, 2.24) is 9.55 Å². The van der Waals surface area contributed by atoms with Gasteiger partial charge < -0.3 is 9.88 Å². The van der Waals surface area contributed by atoms with E-state index in [1.807, 2.05) is 30.3 Å². The number of rotatable bonds is 7. The average molecular weight is 434 g/mol. The molecule has 0 unspecified atom stereocenters. The van der Waals surface area contributed by atoms with Gasteiger partial charge >= 0.3 is 0 Å². The summed E-state index contributed by atoms with van der Waals surface area (Å²) >= 11 is 3.35. The molecule has 7 heteroatoms. The molecule has 0 radical (unpaired) electrons.